The molecule has 0 aliphatic rings. The Morgan fingerprint density at radius 1 is 0.404 bits per heavy atom. The van der Waals surface area contributed by atoms with Crippen LogP contribution >= 0.6 is 0 Å². The van der Waals surface area contributed by atoms with Gasteiger partial charge in [0.25, 0.3) is 0 Å². The summed E-state index contributed by atoms with van der Waals surface area (Å²) in [5, 5.41) is 1.16. The van der Waals surface area contributed by atoms with E-state index in [4.69, 9.17) is 4.42 Å². The summed E-state index contributed by atoms with van der Waals surface area (Å²) in [6.45, 7) is 2.14. The number of hydrogen-bond acceptors (Lipinski definition) is 2. The second-order valence-electron chi connectivity index (χ2n) is 11.8. The molecule has 0 spiro atoms. The number of furan rings is 1. The van der Waals surface area contributed by atoms with E-state index in [1.807, 2.05) is 12.1 Å². The molecule has 0 aliphatic heterocycles. The minimum atomic E-state index is 0.919. The number of rotatable bonds is 7. The molecule has 7 aromatic carbocycles. The second kappa shape index (κ2) is 12.3. The summed E-state index contributed by atoms with van der Waals surface area (Å²) in [5.41, 5.74) is 13.6. The fourth-order valence-electron chi connectivity index (χ4n) is 6.48. The van der Waals surface area contributed by atoms with Gasteiger partial charge in [0.1, 0.15) is 11.3 Å². The SMILES string of the molecule is Cc1c(-c2cccc(-c3ccc(N(c4ccc(-c5ccccc5)cc4)c4ccccc4-c4ccccc4)cc3)c2)oc2ccccc12. The standard InChI is InChI=1S/C45H33NO/c1-32-41-19-9-11-22-44(41)47-45(32)38-18-12-17-37(31-38)35-25-29-40(30-26-35)46(39-27-23-34(24-28-39)33-13-4-2-5-14-33)43-21-10-8-20-42(43)36-15-6-3-7-16-36/h2-31H,1H3. The predicted octanol–water partition coefficient (Wildman–Crippen LogP) is 12.9. The zero-order chi connectivity index (χ0) is 31.6. The molecule has 0 saturated carbocycles. The first-order chi connectivity index (χ1) is 23.2. The Balaban J connectivity index is 1.19. The van der Waals surface area contributed by atoms with Crippen molar-refractivity contribution in [2.75, 3.05) is 4.90 Å². The van der Waals surface area contributed by atoms with Crippen LogP contribution in [-0.2, 0) is 0 Å². The zero-order valence-corrected chi connectivity index (χ0v) is 26.2. The molecule has 0 bridgehead atoms. The lowest BCUT2D eigenvalue weighted by Crippen LogP contribution is -2.11. The van der Waals surface area contributed by atoms with Crippen molar-refractivity contribution in [3.8, 4) is 44.7 Å². The highest BCUT2D eigenvalue weighted by molar-refractivity contribution is 5.90. The third-order valence-electron chi connectivity index (χ3n) is 8.89. The van der Waals surface area contributed by atoms with Crippen LogP contribution in [0.25, 0.3) is 55.7 Å². The van der Waals surface area contributed by atoms with Crippen molar-refractivity contribution in [3.05, 3.63) is 188 Å². The molecular weight excluding hydrogens is 571 g/mol. The van der Waals surface area contributed by atoms with E-state index in [0.29, 0.717) is 0 Å². The molecular formula is C45H33NO. The van der Waals surface area contributed by atoms with Gasteiger partial charge in [0.05, 0.1) is 5.69 Å². The highest BCUT2D eigenvalue weighted by atomic mass is 16.3. The number of benzene rings is 7. The Morgan fingerprint density at radius 2 is 0.915 bits per heavy atom. The maximum absolute atomic E-state index is 6.30. The Kier molecular flexibility index (Phi) is 7.45. The smallest absolute Gasteiger partial charge is 0.138 e. The Hall–Kier alpha value is -6.12. The van der Waals surface area contributed by atoms with Crippen LogP contribution in [0.3, 0.4) is 0 Å². The number of nitrogens with zero attached hydrogens (tertiary/aromatic N) is 1. The van der Waals surface area contributed by atoms with Crippen molar-refractivity contribution in [3.63, 3.8) is 0 Å². The molecule has 2 heteroatoms. The first-order valence-electron chi connectivity index (χ1n) is 16.0. The molecule has 0 saturated heterocycles. The molecule has 47 heavy (non-hydrogen) atoms. The van der Waals surface area contributed by atoms with Crippen molar-refractivity contribution >= 4 is 28.0 Å². The van der Waals surface area contributed by atoms with E-state index in [9.17, 15) is 0 Å². The lowest BCUT2D eigenvalue weighted by molar-refractivity contribution is 0.629. The Labute approximate surface area is 275 Å². The zero-order valence-electron chi connectivity index (χ0n) is 26.2. The summed E-state index contributed by atoms with van der Waals surface area (Å²) in [6.07, 6.45) is 0. The molecule has 2 nitrogen and oxygen atoms in total. The van der Waals surface area contributed by atoms with Crippen molar-refractivity contribution in [1.29, 1.82) is 0 Å². The highest BCUT2D eigenvalue weighted by Crippen LogP contribution is 2.42. The highest BCUT2D eigenvalue weighted by Gasteiger charge is 2.18. The Morgan fingerprint density at radius 3 is 1.60 bits per heavy atom. The van der Waals surface area contributed by atoms with Crippen LogP contribution in [0.15, 0.2) is 186 Å². The quantitative estimate of drug-likeness (QED) is 0.180. The molecule has 0 N–H and O–H groups in total. The van der Waals surface area contributed by atoms with Crippen LogP contribution in [0.1, 0.15) is 5.56 Å². The van der Waals surface area contributed by atoms with Crippen LogP contribution in [0.4, 0.5) is 17.1 Å². The van der Waals surface area contributed by atoms with Crippen molar-refractivity contribution in [1.82, 2.24) is 0 Å². The summed E-state index contributed by atoms with van der Waals surface area (Å²) in [6, 6.07) is 64.4. The van der Waals surface area contributed by atoms with Gasteiger partial charge in [-0.3, -0.25) is 0 Å². The van der Waals surface area contributed by atoms with Gasteiger partial charge in [-0.1, -0.05) is 140 Å². The number of anilines is 3. The van der Waals surface area contributed by atoms with E-state index < -0.39 is 0 Å². The molecule has 0 atom stereocenters. The van der Waals surface area contributed by atoms with Crippen molar-refractivity contribution in [2.45, 2.75) is 6.92 Å². The fourth-order valence-corrected chi connectivity index (χ4v) is 6.48. The van der Waals surface area contributed by atoms with Crippen molar-refractivity contribution < 1.29 is 4.42 Å². The van der Waals surface area contributed by atoms with E-state index in [1.54, 1.807) is 0 Å². The number of para-hydroxylation sites is 2. The van der Waals surface area contributed by atoms with E-state index in [1.165, 1.54) is 27.8 Å². The van der Waals surface area contributed by atoms with Crippen LogP contribution in [0.5, 0.6) is 0 Å². The lowest BCUT2D eigenvalue weighted by Gasteiger charge is -2.28. The van der Waals surface area contributed by atoms with Gasteiger partial charge in [0.15, 0.2) is 0 Å². The first kappa shape index (κ1) is 28.4. The Bertz CT molecular complexity index is 2280. The van der Waals surface area contributed by atoms with Gasteiger partial charge < -0.3 is 9.32 Å². The second-order valence-corrected chi connectivity index (χ2v) is 11.8. The average molecular weight is 604 g/mol. The van der Waals surface area contributed by atoms with Gasteiger partial charge in [-0.15, -0.1) is 0 Å². The number of fused-ring (bicyclic) bond motifs is 1. The summed E-state index contributed by atoms with van der Waals surface area (Å²) in [4.78, 5) is 2.36. The number of aryl methyl sites for hydroxylation is 1. The lowest BCUT2D eigenvalue weighted by atomic mass is 9.99. The maximum atomic E-state index is 6.30. The van der Waals surface area contributed by atoms with Crippen LogP contribution in [0, 0.1) is 6.92 Å². The van der Waals surface area contributed by atoms with Gasteiger partial charge in [0, 0.05) is 33.5 Å². The van der Waals surface area contributed by atoms with Gasteiger partial charge in [-0.25, -0.2) is 0 Å². The summed E-state index contributed by atoms with van der Waals surface area (Å²) >= 11 is 0. The largest absolute Gasteiger partial charge is 0.456 e. The first-order valence-corrected chi connectivity index (χ1v) is 16.0. The van der Waals surface area contributed by atoms with Gasteiger partial charge in [-0.05, 0) is 77.2 Å². The van der Waals surface area contributed by atoms with Crippen molar-refractivity contribution in [2.24, 2.45) is 0 Å². The van der Waals surface area contributed by atoms with Gasteiger partial charge in [-0.2, -0.15) is 0 Å². The molecule has 0 radical (unpaired) electrons. The van der Waals surface area contributed by atoms with Crippen LogP contribution in [0.2, 0.25) is 0 Å². The van der Waals surface area contributed by atoms with E-state index in [0.717, 1.165) is 50.5 Å². The minimum absolute atomic E-state index is 0.919. The third kappa shape index (κ3) is 5.51. The third-order valence-corrected chi connectivity index (χ3v) is 8.89. The molecule has 8 aromatic rings. The van der Waals surface area contributed by atoms with E-state index >= 15 is 0 Å². The van der Waals surface area contributed by atoms with Gasteiger partial charge in [0.2, 0.25) is 0 Å². The normalized spacial score (nSPS) is 11.1. The topological polar surface area (TPSA) is 16.4 Å². The molecule has 0 fully saturated rings. The molecule has 0 aliphatic carbocycles. The maximum Gasteiger partial charge on any atom is 0.138 e. The molecule has 8 rings (SSSR count). The van der Waals surface area contributed by atoms with Crippen LogP contribution < -0.4 is 4.90 Å². The molecule has 0 unspecified atom stereocenters. The van der Waals surface area contributed by atoms with E-state index in [2.05, 4.69) is 182 Å². The summed E-state index contributed by atoms with van der Waals surface area (Å²) in [5.74, 6) is 0.923. The molecule has 1 aromatic heterocycles. The van der Waals surface area contributed by atoms with Gasteiger partial charge >= 0.3 is 0 Å². The predicted molar refractivity (Wildman–Crippen MR) is 197 cm³/mol. The summed E-state index contributed by atoms with van der Waals surface area (Å²) < 4.78 is 6.30. The monoisotopic (exact) mass is 603 g/mol. The van der Waals surface area contributed by atoms with E-state index in [-0.39, 0.29) is 0 Å². The molecule has 1 heterocycles. The fraction of sp³-hybridized carbons (Fsp3) is 0.0222. The minimum Gasteiger partial charge on any atom is -0.456 e. The average Bonchev–Trinajstić information content (AvgIpc) is 3.49. The van der Waals surface area contributed by atoms with Crippen LogP contribution in [-0.4, -0.2) is 0 Å². The molecule has 224 valence electrons. The number of hydrogen-bond donors (Lipinski definition) is 0. The molecule has 0 amide bonds. The summed E-state index contributed by atoms with van der Waals surface area (Å²) in [7, 11) is 0.